The van der Waals surface area contributed by atoms with E-state index in [1.54, 1.807) is 6.33 Å². The Morgan fingerprint density at radius 3 is 2.48 bits per heavy atom. The Morgan fingerprint density at radius 2 is 1.84 bits per heavy atom. The lowest BCUT2D eigenvalue weighted by atomic mass is 9.95. The average molecular weight is 335 g/mol. The van der Waals surface area contributed by atoms with Gasteiger partial charge in [-0.1, -0.05) is 30.3 Å². The summed E-state index contributed by atoms with van der Waals surface area (Å²) in [5.41, 5.74) is 2.48. The van der Waals surface area contributed by atoms with Crippen LogP contribution in [0.25, 0.3) is 11.0 Å². The van der Waals surface area contributed by atoms with Gasteiger partial charge in [-0.25, -0.2) is 14.6 Å². The summed E-state index contributed by atoms with van der Waals surface area (Å²) in [6.07, 6.45) is 6.02. The van der Waals surface area contributed by atoms with E-state index in [0.717, 1.165) is 23.4 Å². The first-order valence-corrected chi connectivity index (χ1v) is 8.87. The smallest absolute Gasteiger partial charge is 0.163 e. The Hall–Kier alpha value is -2.43. The van der Waals surface area contributed by atoms with Crippen LogP contribution in [0.1, 0.15) is 39.2 Å². The molecule has 5 nitrogen and oxygen atoms in total. The summed E-state index contributed by atoms with van der Waals surface area (Å²) in [7, 11) is 2.12. The molecule has 0 saturated heterocycles. The molecule has 1 saturated carbocycles. The number of anilines is 1. The van der Waals surface area contributed by atoms with Gasteiger partial charge in [0.05, 0.1) is 17.1 Å². The third kappa shape index (κ3) is 2.77. The highest BCUT2D eigenvalue weighted by Crippen LogP contribution is 2.49. The largest absolute Gasteiger partial charge is 0.358 e. The van der Waals surface area contributed by atoms with E-state index in [9.17, 15) is 0 Å². The first-order valence-electron chi connectivity index (χ1n) is 8.87. The standard InChI is InChI=1S/C20H25N5/c1-19(2,3)25-18-16(12-23-25)17(21-14-22-18)24(4)13-20(10-11-20)15-8-6-5-7-9-15/h5-9,12,14H,10-11,13H2,1-4H3. The maximum absolute atomic E-state index is 4.57. The van der Waals surface area contributed by atoms with E-state index >= 15 is 0 Å². The first-order chi connectivity index (χ1) is 11.9. The SMILES string of the molecule is CN(CC1(c2ccccc2)CC1)c1ncnc2c1cnn2C(C)(C)C. The summed E-state index contributed by atoms with van der Waals surface area (Å²) < 4.78 is 1.98. The minimum atomic E-state index is -0.103. The molecule has 2 aromatic heterocycles. The zero-order valence-corrected chi connectivity index (χ0v) is 15.4. The number of aromatic nitrogens is 4. The summed E-state index contributed by atoms with van der Waals surface area (Å²) in [5, 5.41) is 5.58. The lowest BCUT2D eigenvalue weighted by molar-refractivity contribution is 0.366. The van der Waals surface area contributed by atoms with Gasteiger partial charge in [0, 0.05) is 19.0 Å². The summed E-state index contributed by atoms with van der Waals surface area (Å²) in [6.45, 7) is 7.38. The van der Waals surface area contributed by atoms with Crippen LogP contribution in [0.15, 0.2) is 42.9 Å². The van der Waals surface area contributed by atoms with E-state index in [2.05, 4.69) is 78.1 Å². The van der Waals surface area contributed by atoms with Gasteiger partial charge >= 0.3 is 0 Å². The van der Waals surface area contributed by atoms with Crippen LogP contribution in [0.5, 0.6) is 0 Å². The van der Waals surface area contributed by atoms with E-state index in [-0.39, 0.29) is 11.0 Å². The molecule has 0 N–H and O–H groups in total. The minimum Gasteiger partial charge on any atom is -0.358 e. The molecule has 1 aromatic carbocycles. The zero-order chi connectivity index (χ0) is 17.7. The Bertz CT molecular complexity index is 887. The van der Waals surface area contributed by atoms with Crippen molar-refractivity contribution in [2.75, 3.05) is 18.5 Å². The molecule has 1 aliphatic carbocycles. The molecule has 25 heavy (non-hydrogen) atoms. The van der Waals surface area contributed by atoms with Crippen molar-refractivity contribution in [3.05, 3.63) is 48.4 Å². The van der Waals surface area contributed by atoms with Crippen LogP contribution in [0.3, 0.4) is 0 Å². The van der Waals surface area contributed by atoms with Crippen molar-refractivity contribution < 1.29 is 0 Å². The quantitative estimate of drug-likeness (QED) is 0.728. The predicted octanol–water partition coefficient (Wildman–Crippen LogP) is 3.75. The van der Waals surface area contributed by atoms with Crippen molar-refractivity contribution in [1.29, 1.82) is 0 Å². The Morgan fingerprint density at radius 1 is 1.12 bits per heavy atom. The maximum Gasteiger partial charge on any atom is 0.163 e. The summed E-state index contributed by atoms with van der Waals surface area (Å²) >= 11 is 0. The third-order valence-corrected chi connectivity index (χ3v) is 5.12. The molecule has 0 amide bonds. The van der Waals surface area contributed by atoms with E-state index in [1.165, 1.54) is 18.4 Å². The van der Waals surface area contributed by atoms with Gasteiger partial charge in [-0.3, -0.25) is 0 Å². The molecule has 1 fully saturated rings. The van der Waals surface area contributed by atoms with Crippen molar-refractivity contribution in [2.45, 2.75) is 44.6 Å². The van der Waals surface area contributed by atoms with Crippen LogP contribution in [-0.4, -0.2) is 33.3 Å². The van der Waals surface area contributed by atoms with Crippen molar-refractivity contribution in [2.24, 2.45) is 0 Å². The number of hydrogen-bond acceptors (Lipinski definition) is 4. The van der Waals surface area contributed by atoms with Gasteiger partial charge < -0.3 is 4.90 Å². The predicted molar refractivity (Wildman–Crippen MR) is 101 cm³/mol. The van der Waals surface area contributed by atoms with Crippen molar-refractivity contribution in [3.63, 3.8) is 0 Å². The number of hydrogen-bond donors (Lipinski definition) is 0. The number of likely N-dealkylation sites (N-methyl/N-ethyl adjacent to an activating group) is 1. The van der Waals surface area contributed by atoms with Gasteiger partial charge in [-0.2, -0.15) is 5.10 Å². The molecule has 3 aromatic rings. The number of benzene rings is 1. The Balaban J connectivity index is 1.67. The molecule has 130 valence electrons. The highest BCUT2D eigenvalue weighted by Gasteiger charge is 2.45. The maximum atomic E-state index is 4.57. The van der Waals surface area contributed by atoms with Gasteiger partial charge in [0.15, 0.2) is 5.65 Å². The molecule has 4 rings (SSSR count). The fraction of sp³-hybridized carbons (Fsp3) is 0.450. The average Bonchev–Trinajstić information content (AvgIpc) is 3.22. The fourth-order valence-corrected chi connectivity index (χ4v) is 3.64. The van der Waals surface area contributed by atoms with Crippen LogP contribution < -0.4 is 4.90 Å². The molecule has 1 aliphatic rings. The molecule has 0 aliphatic heterocycles. The number of nitrogens with zero attached hydrogens (tertiary/aromatic N) is 5. The molecule has 0 bridgehead atoms. The number of rotatable bonds is 4. The van der Waals surface area contributed by atoms with Crippen molar-refractivity contribution in [1.82, 2.24) is 19.7 Å². The second kappa shape index (κ2) is 5.55. The van der Waals surface area contributed by atoms with Gasteiger partial charge in [0.1, 0.15) is 12.1 Å². The van der Waals surface area contributed by atoms with E-state index in [0.29, 0.717) is 0 Å². The number of fused-ring (bicyclic) bond motifs is 1. The van der Waals surface area contributed by atoms with E-state index in [4.69, 9.17) is 0 Å². The summed E-state index contributed by atoms with van der Waals surface area (Å²) in [4.78, 5) is 11.3. The normalized spacial score (nSPS) is 16.2. The van der Waals surface area contributed by atoms with Crippen LogP contribution >= 0.6 is 0 Å². The second-order valence-corrected chi connectivity index (χ2v) is 8.16. The van der Waals surface area contributed by atoms with E-state index in [1.807, 2.05) is 10.9 Å². The third-order valence-electron chi connectivity index (χ3n) is 5.12. The molecule has 0 radical (unpaired) electrons. The van der Waals surface area contributed by atoms with Gasteiger partial charge in [-0.05, 0) is 39.2 Å². The lowest BCUT2D eigenvalue weighted by Crippen LogP contribution is -2.30. The highest BCUT2D eigenvalue weighted by atomic mass is 15.3. The second-order valence-electron chi connectivity index (χ2n) is 8.16. The Labute approximate surface area is 148 Å². The van der Waals surface area contributed by atoms with Crippen molar-refractivity contribution >= 4 is 16.9 Å². The highest BCUT2D eigenvalue weighted by molar-refractivity contribution is 5.86. The van der Waals surface area contributed by atoms with Crippen molar-refractivity contribution in [3.8, 4) is 0 Å². The molecule has 2 heterocycles. The Kier molecular flexibility index (Phi) is 3.56. The van der Waals surface area contributed by atoms with Crippen LogP contribution in [0.4, 0.5) is 5.82 Å². The van der Waals surface area contributed by atoms with Gasteiger partial charge in [-0.15, -0.1) is 0 Å². The lowest BCUT2D eigenvalue weighted by Gasteiger charge is -2.26. The minimum absolute atomic E-state index is 0.103. The van der Waals surface area contributed by atoms with Crippen LogP contribution in [0, 0.1) is 0 Å². The topological polar surface area (TPSA) is 46.8 Å². The van der Waals surface area contributed by atoms with Crippen LogP contribution in [-0.2, 0) is 11.0 Å². The molecular formula is C20H25N5. The monoisotopic (exact) mass is 335 g/mol. The summed E-state index contributed by atoms with van der Waals surface area (Å²) in [6, 6.07) is 10.8. The zero-order valence-electron chi connectivity index (χ0n) is 15.4. The molecule has 0 atom stereocenters. The fourth-order valence-electron chi connectivity index (χ4n) is 3.64. The van der Waals surface area contributed by atoms with Crippen LogP contribution in [0.2, 0.25) is 0 Å². The molecular weight excluding hydrogens is 310 g/mol. The molecule has 0 unspecified atom stereocenters. The first kappa shape index (κ1) is 16.1. The van der Waals surface area contributed by atoms with Gasteiger partial charge in [0.25, 0.3) is 0 Å². The molecule has 0 spiro atoms. The summed E-state index contributed by atoms with van der Waals surface area (Å²) in [5.74, 6) is 0.961. The molecule has 5 heteroatoms. The van der Waals surface area contributed by atoms with E-state index < -0.39 is 0 Å². The van der Waals surface area contributed by atoms with Gasteiger partial charge in [0.2, 0.25) is 0 Å².